The molecule has 4 bridgehead atoms. The molecule has 2 saturated carbocycles. The number of aryl methyl sites for hydroxylation is 1. The zero-order chi connectivity index (χ0) is 48.6. The molecule has 4 heterocycles. The maximum absolute atomic E-state index is 14.6. The van der Waals surface area contributed by atoms with Gasteiger partial charge >= 0.3 is 47.8 Å². The van der Waals surface area contributed by atoms with Crippen LogP contribution in [0.3, 0.4) is 0 Å². The molecule has 1 aromatic carbocycles. The number of hydrogen-bond acceptors (Lipinski definition) is 20. The summed E-state index contributed by atoms with van der Waals surface area (Å²) in [6.45, 7) is 6.04. The fourth-order valence-corrected chi connectivity index (χ4v) is 10.2. The Labute approximate surface area is 383 Å². The third-order valence-corrected chi connectivity index (χ3v) is 12.9. The van der Waals surface area contributed by atoms with Gasteiger partial charge < -0.3 is 47.7 Å². The summed E-state index contributed by atoms with van der Waals surface area (Å²) in [5, 5.41) is 13.9. The van der Waals surface area contributed by atoms with Gasteiger partial charge in [-0.3, -0.25) is 33.9 Å². The van der Waals surface area contributed by atoms with Crippen LogP contribution in [0, 0.1) is 17.3 Å². The molecule has 7 rings (SSSR count). The molecule has 2 aromatic heterocycles. The zero-order valence-corrected chi connectivity index (χ0v) is 37.7. The maximum Gasteiger partial charge on any atom is 0.340 e. The Morgan fingerprint density at radius 2 is 1.37 bits per heavy atom. The standard InChI is InChI=1S/C47H50N2O18/c1-24-17-18-32-31(16-12-20-49-32)43(57)60-22-44(6)33-34(61-26(3)51)38(62-27(4)52)46(23-59-25(2)50)39(63-28(5)53)35(64-41(55)29-13-9-8-10-14-29)37(66-40(24)54)45(7,58)47(46,67-44)36(33)65-42(56)30-15-11-19-48-21-30/h8-16,19-21,24,33-39,58H,17-18,22-23H2,1-7H3/t24-,33+,34+,35-,36+,37-,38+,39-,44-,45-,46+,47-/m0/s1. The van der Waals surface area contributed by atoms with Crippen molar-refractivity contribution in [2.45, 2.75) is 115 Å². The van der Waals surface area contributed by atoms with Gasteiger partial charge in [0.1, 0.15) is 42.0 Å². The zero-order valence-electron chi connectivity index (χ0n) is 37.7. The number of benzene rings is 1. The van der Waals surface area contributed by atoms with Gasteiger partial charge in [-0.15, -0.1) is 0 Å². The van der Waals surface area contributed by atoms with E-state index in [2.05, 4.69) is 9.97 Å². The first-order chi connectivity index (χ1) is 31.7. The third kappa shape index (κ3) is 8.47. The molecule has 3 fully saturated rings. The number of cyclic esters (lactones) is 1. The molecule has 3 aromatic rings. The van der Waals surface area contributed by atoms with Crippen molar-refractivity contribution in [2.75, 3.05) is 13.2 Å². The van der Waals surface area contributed by atoms with Gasteiger partial charge in [-0.25, -0.2) is 14.4 Å². The highest BCUT2D eigenvalue weighted by Crippen LogP contribution is 2.70. The Morgan fingerprint density at radius 3 is 2.00 bits per heavy atom. The van der Waals surface area contributed by atoms with E-state index in [9.17, 15) is 43.5 Å². The maximum atomic E-state index is 14.6. The van der Waals surface area contributed by atoms with Crippen LogP contribution in [0.5, 0.6) is 0 Å². The fraction of sp³-hybridized carbons (Fsp3) is 0.489. The second kappa shape index (κ2) is 18.5. The molecule has 0 radical (unpaired) electrons. The van der Waals surface area contributed by atoms with E-state index in [1.807, 2.05) is 0 Å². The molecule has 1 saturated heterocycles. The molecule has 20 heteroatoms. The number of aromatic nitrogens is 2. The number of nitrogens with zero attached hydrogens (tertiary/aromatic N) is 2. The molecule has 2 aliphatic heterocycles. The fourth-order valence-electron chi connectivity index (χ4n) is 10.2. The van der Waals surface area contributed by atoms with Crippen molar-refractivity contribution in [3.63, 3.8) is 0 Å². The van der Waals surface area contributed by atoms with E-state index < -0.39 is 132 Å². The summed E-state index contributed by atoms with van der Waals surface area (Å²) in [4.78, 5) is 120. The predicted molar refractivity (Wildman–Crippen MR) is 223 cm³/mol. The van der Waals surface area contributed by atoms with Gasteiger partial charge in [-0.05, 0) is 63.1 Å². The van der Waals surface area contributed by atoms with Crippen molar-refractivity contribution in [1.82, 2.24) is 9.97 Å². The van der Waals surface area contributed by atoms with E-state index in [1.54, 1.807) is 6.07 Å². The number of pyridine rings is 2. The molecule has 0 amide bonds. The van der Waals surface area contributed by atoms with E-state index in [-0.39, 0.29) is 35.2 Å². The van der Waals surface area contributed by atoms with Crippen LogP contribution < -0.4 is 0 Å². The van der Waals surface area contributed by atoms with Crippen LogP contribution >= 0.6 is 0 Å². The summed E-state index contributed by atoms with van der Waals surface area (Å²) in [5.41, 5.74) is -10.6. The molecule has 356 valence electrons. The number of esters is 8. The molecular weight excluding hydrogens is 881 g/mol. The molecular formula is C47H50N2O18. The summed E-state index contributed by atoms with van der Waals surface area (Å²) in [5.74, 6) is -11.0. The Balaban J connectivity index is 1.63. The van der Waals surface area contributed by atoms with E-state index in [4.69, 9.17) is 42.6 Å². The Morgan fingerprint density at radius 1 is 0.746 bits per heavy atom. The average Bonchev–Trinajstić information content (AvgIpc) is 3.51. The van der Waals surface area contributed by atoms with Crippen molar-refractivity contribution in [3.05, 3.63) is 95.6 Å². The number of carbonyl (C=O) groups excluding carboxylic acids is 8. The van der Waals surface area contributed by atoms with Crippen LogP contribution in [-0.2, 0) is 73.0 Å². The molecule has 4 aliphatic rings. The molecule has 67 heavy (non-hydrogen) atoms. The molecule has 0 unspecified atom stereocenters. The number of hydrogen-bond donors (Lipinski definition) is 1. The van der Waals surface area contributed by atoms with Gasteiger partial charge in [0.25, 0.3) is 0 Å². The number of rotatable bonds is 9. The summed E-state index contributed by atoms with van der Waals surface area (Å²) < 4.78 is 56.3. The van der Waals surface area contributed by atoms with E-state index in [0.717, 1.165) is 34.6 Å². The van der Waals surface area contributed by atoms with E-state index in [1.165, 1.54) is 81.0 Å². The van der Waals surface area contributed by atoms with Crippen molar-refractivity contribution >= 4 is 47.8 Å². The van der Waals surface area contributed by atoms with Crippen LogP contribution in [0.4, 0.5) is 0 Å². The van der Waals surface area contributed by atoms with E-state index in [0.29, 0.717) is 0 Å². The SMILES string of the molecule is CC(=O)OC[C@]12[C@H](OC(C)=O)[C@H](OC(C)=O)[C@@H]3[C@@H](OC(=O)c4cccnc4)[C@@]14O[C@@]3(C)COC(=O)c1cccnc1CC[C@H](C)C(=O)O[C@@H]([C@H](OC(=O)c1ccccc1)[C@@H]2OC(C)=O)[C@]4(C)O. The lowest BCUT2D eigenvalue weighted by molar-refractivity contribution is -0.385. The minimum atomic E-state index is -2.93. The first-order valence-electron chi connectivity index (χ1n) is 21.4. The van der Waals surface area contributed by atoms with Crippen molar-refractivity contribution in [1.29, 1.82) is 0 Å². The van der Waals surface area contributed by atoms with Crippen molar-refractivity contribution in [2.24, 2.45) is 17.3 Å². The second-order valence-corrected chi connectivity index (χ2v) is 17.5. The lowest BCUT2D eigenvalue weighted by Crippen LogP contribution is -2.89. The van der Waals surface area contributed by atoms with E-state index >= 15 is 0 Å². The van der Waals surface area contributed by atoms with Crippen LogP contribution in [-0.4, -0.2) is 129 Å². The smallest absolute Gasteiger partial charge is 0.340 e. The highest BCUT2D eigenvalue weighted by atomic mass is 16.7. The number of ether oxygens (including phenoxy) is 9. The quantitative estimate of drug-likeness (QED) is 0.239. The lowest BCUT2D eigenvalue weighted by Gasteiger charge is -2.67. The van der Waals surface area contributed by atoms with Crippen molar-refractivity contribution < 1.29 is 86.1 Å². The average molecular weight is 931 g/mol. The van der Waals surface area contributed by atoms with Gasteiger partial charge in [0, 0.05) is 46.3 Å². The highest BCUT2D eigenvalue weighted by molar-refractivity contribution is 5.91. The van der Waals surface area contributed by atoms with Gasteiger partial charge in [-0.1, -0.05) is 25.1 Å². The highest BCUT2D eigenvalue weighted by Gasteiger charge is 2.92. The van der Waals surface area contributed by atoms with Gasteiger partial charge in [0.05, 0.1) is 34.2 Å². The summed E-state index contributed by atoms with van der Waals surface area (Å²) >= 11 is 0. The van der Waals surface area contributed by atoms with Gasteiger partial charge in [0.2, 0.25) is 0 Å². The minimum Gasteiger partial charge on any atom is -0.465 e. The van der Waals surface area contributed by atoms with Crippen LogP contribution in [0.1, 0.15) is 91.7 Å². The largest absolute Gasteiger partial charge is 0.465 e. The third-order valence-electron chi connectivity index (χ3n) is 12.9. The van der Waals surface area contributed by atoms with Gasteiger partial charge in [-0.2, -0.15) is 0 Å². The predicted octanol–water partition coefficient (Wildman–Crippen LogP) is 2.85. The molecule has 20 nitrogen and oxygen atoms in total. The normalized spacial score (nSPS) is 33.2. The van der Waals surface area contributed by atoms with Crippen LogP contribution in [0.15, 0.2) is 73.2 Å². The minimum absolute atomic E-state index is 0.00677. The lowest BCUT2D eigenvalue weighted by atomic mass is 9.45. The van der Waals surface area contributed by atoms with Crippen LogP contribution in [0.2, 0.25) is 0 Å². The van der Waals surface area contributed by atoms with Gasteiger partial charge in [0.15, 0.2) is 30.0 Å². The topological polar surface area (TPSA) is 266 Å². The first kappa shape index (κ1) is 48.1. The van der Waals surface area contributed by atoms with Crippen LogP contribution in [0.25, 0.3) is 0 Å². The van der Waals surface area contributed by atoms with Crippen molar-refractivity contribution in [3.8, 4) is 0 Å². The molecule has 1 spiro atoms. The number of carbonyl (C=O) groups is 8. The first-order valence-corrected chi connectivity index (χ1v) is 21.4. The summed E-state index contributed by atoms with van der Waals surface area (Å²) in [7, 11) is 0. The molecule has 12 atom stereocenters. The Kier molecular flexibility index (Phi) is 13.3. The number of fused-ring (bicyclic) bond motifs is 5. The summed E-state index contributed by atoms with van der Waals surface area (Å²) in [6.07, 6.45) is -8.49. The molecule has 1 N–H and O–H groups in total. The second-order valence-electron chi connectivity index (χ2n) is 17.5. The molecule has 2 aliphatic carbocycles. The Hall–Kier alpha value is -6.80. The Bertz CT molecular complexity index is 2450. The monoisotopic (exact) mass is 930 g/mol. The summed E-state index contributed by atoms with van der Waals surface area (Å²) in [6, 6.07) is 13.2. The number of aliphatic hydroxyl groups is 1.